The topological polar surface area (TPSA) is 64.7 Å². The lowest BCUT2D eigenvalue weighted by Crippen LogP contribution is -2.35. The molecular formula is C24H29ClN4O2. The minimum atomic E-state index is -0.360. The van der Waals surface area contributed by atoms with Gasteiger partial charge in [-0.3, -0.25) is 4.79 Å². The van der Waals surface area contributed by atoms with Gasteiger partial charge in [-0.25, -0.2) is 4.79 Å². The molecule has 2 fully saturated rings. The van der Waals surface area contributed by atoms with Gasteiger partial charge in [-0.2, -0.15) is 0 Å². The van der Waals surface area contributed by atoms with Crippen molar-refractivity contribution in [2.45, 2.75) is 32.6 Å². The van der Waals surface area contributed by atoms with Crippen molar-refractivity contribution in [3.8, 4) is 0 Å². The largest absolute Gasteiger partial charge is 0.371 e. The minimum Gasteiger partial charge on any atom is -0.371 e. The number of halogens is 1. The number of nitrogens with one attached hydrogen (secondary N) is 2. The van der Waals surface area contributed by atoms with Gasteiger partial charge in [-0.15, -0.1) is 0 Å². The number of carbonyl (C=O) groups is 2. The lowest BCUT2D eigenvalue weighted by Gasteiger charge is -2.34. The monoisotopic (exact) mass is 440 g/mol. The van der Waals surface area contributed by atoms with Crippen LogP contribution >= 0.6 is 11.6 Å². The number of urea groups is 1. The van der Waals surface area contributed by atoms with E-state index in [2.05, 4.69) is 22.5 Å². The third-order valence-electron chi connectivity index (χ3n) is 6.10. The molecule has 7 heteroatoms. The highest BCUT2D eigenvalue weighted by atomic mass is 35.5. The fraction of sp³-hybridized carbons (Fsp3) is 0.417. The fourth-order valence-corrected chi connectivity index (χ4v) is 4.35. The Balaban J connectivity index is 1.54. The third kappa shape index (κ3) is 5.31. The van der Waals surface area contributed by atoms with E-state index < -0.39 is 0 Å². The molecule has 0 radical (unpaired) electrons. The quantitative estimate of drug-likeness (QED) is 0.663. The maximum atomic E-state index is 13.3. The van der Waals surface area contributed by atoms with Gasteiger partial charge in [0.2, 0.25) is 0 Å². The van der Waals surface area contributed by atoms with Crippen molar-refractivity contribution >= 4 is 40.6 Å². The first-order valence-corrected chi connectivity index (χ1v) is 11.4. The number of likely N-dealkylation sites (tertiary alicyclic amines) is 1. The predicted octanol–water partition coefficient (Wildman–Crippen LogP) is 5.46. The van der Waals surface area contributed by atoms with E-state index in [1.807, 2.05) is 23.1 Å². The third-order valence-corrected chi connectivity index (χ3v) is 6.36. The average Bonchev–Trinajstić information content (AvgIpc) is 3.30. The van der Waals surface area contributed by atoms with Gasteiger partial charge >= 0.3 is 6.03 Å². The number of piperidine rings is 1. The fourth-order valence-electron chi connectivity index (χ4n) is 4.23. The van der Waals surface area contributed by atoms with Crippen molar-refractivity contribution < 1.29 is 9.59 Å². The summed E-state index contributed by atoms with van der Waals surface area (Å²) in [4.78, 5) is 30.0. The molecule has 0 aliphatic carbocycles. The van der Waals surface area contributed by atoms with E-state index in [0.717, 1.165) is 57.5 Å². The summed E-state index contributed by atoms with van der Waals surface area (Å²) in [5, 5.41) is 6.26. The van der Waals surface area contributed by atoms with Gasteiger partial charge in [0.15, 0.2) is 0 Å². The molecule has 0 unspecified atom stereocenters. The average molecular weight is 441 g/mol. The van der Waals surface area contributed by atoms with E-state index >= 15 is 0 Å². The molecule has 0 saturated carbocycles. The summed E-state index contributed by atoms with van der Waals surface area (Å²) < 4.78 is 0. The van der Waals surface area contributed by atoms with Crippen LogP contribution in [-0.2, 0) is 0 Å². The van der Waals surface area contributed by atoms with Gasteiger partial charge in [0, 0.05) is 48.3 Å². The SMILES string of the molecule is CC1CCN(c2ccc(NC(=O)Nc3ccc(Cl)cc3)cc2C(=O)N2CCCC2)CC1. The first-order chi connectivity index (χ1) is 15.0. The van der Waals surface area contributed by atoms with Crippen molar-refractivity contribution in [1.29, 1.82) is 0 Å². The summed E-state index contributed by atoms with van der Waals surface area (Å²) in [5.74, 6) is 0.763. The van der Waals surface area contributed by atoms with Crippen LogP contribution in [0.15, 0.2) is 42.5 Å². The first kappa shape index (κ1) is 21.5. The number of rotatable bonds is 4. The van der Waals surface area contributed by atoms with Gasteiger partial charge in [-0.05, 0) is 74.1 Å². The molecular weight excluding hydrogens is 412 g/mol. The number of carbonyl (C=O) groups excluding carboxylic acids is 2. The number of hydrogen-bond acceptors (Lipinski definition) is 3. The molecule has 2 heterocycles. The van der Waals surface area contributed by atoms with Crippen LogP contribution in [0.25, 0.3) is 0 Å². The van der Waals surface area contributed by atoms with E-state index in [0.29, 0.717) is 27.9 Å². The van der Waals surface area contributed by atoms with Crippen LogP contribution in [0.1, 0.15) is 43.0 Å². The Labute approximate surface area is 188 Å². The molecule has 31 heavy (non-hydrogen) atoms. The number of nitrogens with zero attached hydrogens (tertiary/aromatic N) is 2. The molecule has 0 spiro atoms. The van der Waals surface area contributed by atoms with Gasteiger partial charge in [0.05, 0.1) is 5.56 Å². The summed E-state index contributed by atoms with van der Waals surface area (Å²) in [7, 11) is 0. The smallest absolute Gasteiger partial charge is 0.323 e. The zero-order chi connectivity index (χ0) is 21.8. The number of hydrogen-bond donors (Lipinski definition) is 2. The second kappa shape index (κ2) is 9.60. The van der Waals surface area contributed by atoms with E-state index in [1.165, 1.54) is 0 Å². The molecule has 164 valence electrons. The Morgan fingerprint density at radius 3 is 2.19 bits per heavy atom. The minimum absolute atomic E-state index is 0.0490. The second-order valence-corrected chi connectivity index (χ2v) is 8.92. The standard InChI is InChI=1S/C24H29ClN4O2/c1-17-10-14-28(15-11-17)22-9-8-20(16-21(22)23(30)29-12-2-3-13-29)27-24(31)26-19-6-4-18(25)5-7-19/h4-9,16-17H,2-3,10-15H2,1H3,(H2,26,27,31). The molecule has 2 aliphatic rings. The lowest BCUT2D eigenvalue weighted by atomic mass is 9.97. The van der Waals surface area contributed by atoms with Crippen LogP contribution in [-0.4, -0.2) is 43.0 Å². The molecule has 3 amide bonds. The molecule has 2 aliphatic heterocycles. The first-order valence-electron chi connectivity index (χ1n) is 11.0. The molecule has 0 bridgehead atoms. The molecule has 6 nitrogen and oxygen atoms in total. The molecule has 0 aromatic heterocycles. The van der Waals surface area contributed by atoms with Crippen LogP contribution in [0.4, 0.5) is 21.9 Å². The van der Waals surface area contributed by atoms with Gasteiger partial charge in [-0.1, -0.05) is 18.5 Å². The lowest BCUT2D eigenvalue weighted by molar-refractivity contribution is 0.0793. The maximum Gasteiger partial charge on any atom is 0.323 e. The Bertz CT molecular complexity index is 933. The summed E-state index contributed by atoms with van der Waals surface area (Å²) in [5.41, 5.74) is 2.88. The van der Waals surface area contributed by atoms with Crippen molar-refractivity contribution in [1.82, 2.24) is 4.90 Å². The Morgan fingerprint density at radius 1 is 0.903 bits per heavy atom. The zero-order valence-electron chi connectivity index (χ0n) is 17.9. The molecule has 2 N–H and O–H groups in total. The normalized spacial score (nSPS) is 17.0. The Hall–Kier alpha value is -2.73. The highest BCUT2D eigenvalue weighted by Crippen LogP contribution is 2.30. The summed E-state index contributed by atoms with van der Waals surface area (Å²) in [6, 6.07) is 12.2. The Morgan fingerprint density at radius 2 is 1.52 bits per heavy atom. The summed E-state index contributed by atoms with van der Waals surface area (Å²) in [6.45, 7) is 5.77. The van der Waals surface area contributed by atoms with E-state index in [4.69, 9.17) is 11.6 Å². The van der Waals surface area contributed by atoms with Crippen molar-refractivity contribution in [2.24, 2.45) is 5.92 Å². The summed E-state index contributed by atoms with van der Waals surface area (Å²) >= 11 is 5.90. The van der Waals surface area contributed by atoms with Crippen LogP contribution in [0, 0.1) is 5.92 Å². The second-order valence-electron chi connectivity index (χ2n) is 8.49. The van der Waals surface area contributed by atoms with Crippen molar-refractivity contribution in [3.05, 3.63) is 53.1 Å². The van der Waals surface area contributed by atoms with Crippen LogP contribution < -0.4 is 15.5 Å². The van der Waals surface area contributed by atoms with Crippen LogP contribution in [0.5, 0.6) is 0 Å². The number of amides is 3. The highest BCUT2D eigenvalue weighted by Gasteiger charge is 2.26. The summed E-state index contributed by atoms with van der Waals surface area (Å²) in [6.07, 6.45) is 4.34. The van der Waals surface area contributed by atoms with Gasteiger partial charge < -0.3 is 20.4 Å². The number of anilines is 3. The molecule has 0 atom stereocenters. The maximum absolute atomic E-state index is 13.3. The zero-order valence-corrected chi connectivity index (χ0v) is 18.6. The van der Waals surface area contributed by atoms with Crippen molar-refractivity contribution in [2.75, 3.05) is 41.7 Å². The molecule has 2 aromatic carbocycles. The van der Waals surface area contributed by atoms with Crippen LogP contribution in [0.2, 0.25) is 5.02 Å². The van der Waals surface area contributed by atoms with E-state index in [9.17, 15) is 9.59 Å². The Kier molecular flexibility index (Phi) is 6.66. The molecule has 2 aromatic rings. The van der Waals surface area contributed by atoms with Crippen molar-refractivity contribution in [3.63, 3.8) is 0 Å². The molecule has 4 rings (SSSR count). The van der Waals surface area contributed by atoms with Gasteiger partial charge in [0.25, 0.3) is 5.91 Å². The van der Waals surface area contributed by atoms with E-state index in [-0.39, 0.29) is 11.9 Å². The van der Waals surface area contributed by atoms with E-state index in [1.54, 1.807) is 24.3 Å². The molecule has 2 saturated heterocycles. The predicted molar refractivity (Wildman–Crippen MR) is 126 cm³/mol. The highest BCUT2D eigenvalue weighted by molar-refractivity contribution is 6.30. The number of benzene rings is 2. The van der Waals surface area contributed by atoms with Crippen LogP contribution in [0.3, 0.4) is 0 Å². The van der Waals surface area contributed by atoms with Gasteiger partial charge in [0.1, 0.15) is 0 Å².